The molecule has 0 aromatic rings. The summed E-state index contributed by atoms with van der Waals surface area (Å²) in [6.45, 7) is 3.53. The summed E-state index contributed by atoms with van der Waals surface area (Å²) in [7, 11) is -5.08. The lowest BCUT2D eigenvalue weighted by Gasteiger charge is -2.41. The molecule has 1 saturated heterocycles. The molecule has 7 atom stereocenters. The topological polar surface area (TPSA) is 192 Å². The fourth-order valence-electron chi connectivity index (χ4n) is 11.7. The molecule has 1 aliphatic rings. The van der Waals surface area contributed by atoms with Gasteiger partial charge in [-0.05, 0) is 38.5 Å². The van der Waals surface area contributed by atoms with Crippen LogP contribution in [0, 0.1) is 0 Å². The summed E-state index contributed by atoms with van der Waals surface area (Å²) in [5.74, 6) is -0.222. The molecular formula is C68H133NO11S. The largest absolute Gasteiger partial charge is 0.397 e. The van der Waals surface area contributed by atoms with Crippen LogP contribution >= 0.6 is 0 Å². The van der Waals surface area contributed by atoms with Gasteiger partial charge in [0, 0.05) is 6.42 Å². The number of hydrogen-bond donors (Lipinski definition) is 6. The van der Waals surface area contributed by atoms with Crippen molar-refractivity contribution in [1.82, 2.24) is 5.32 Å². The third-order valence-corrected chi connectivity index (χ3v) is 17.5. The number of allylic oxidation sites excluding steroid dienone is 2. The lowest BCUT2D eigenvalue weighted by molar-refractivity contribution is -0.298. The molecule has 1 amide bonds. The summed E-state index contributed by atoms with van der Waals surface area (Å²) in [6.07, 6.45) is 63.9. The third kappa shape index (κ3) is 49.6. The minimum Gasteiger partial charge on any atom is -0.394 e. The molecular weight excluding hydrogens is 1040 g/mol. The second kappa shape index (κ2) is 57.9. The Morgan fingerprint density at radius 2 is 0.790 bits per heavy atom. The van der Waals surface area contributed by atoms with E-state index < -0.39 is 59.9 Å². The molecule has 1 fully saturated rings. The molecule has 13 heteroatoms. The van der Waals surface area contributed by atoms with Crippen molar-refractivity contribution in [1.29, 1.82) is 0 Å². The van der Waals surface area contributed by atoms with E-state index in [-0.39, 0.29) is 12.5 Å². The number of aliphatic hydroxyl groups is 4. The quantitative estimate of drug-likeness (QED) is 0.0193. The fraction of sp³-hybridized carbons (Fsp3) is 0.956. The average Bonchev–Trinajstić information content (AvgIpc) is 3.48. The zero-order chi connectivity index (χ0) is 59.0. The highest BCUT2D eigenvalue weighted by Crippen LogP contribution is 2.27. The Kier molecular flexibility index (Phi) is 55.6. The molecule has 0 radical (unpaired) electrons. The van der Waals surface area contributed by atoms with Crippen molar-refractivity contribution in [3.05, 3.63) is 12.2 Å². The zero-order valence-corrected chi connectivity index (χ0v) is 53.7. The molecule has 0 aliphatic carbocycles. The summed E-state index contributed by atoms with van der Waals surface area (Å²) < 4.78 is 48.1. The van der Waals surface area contributed by atoms with Crippen molar-refractivity contribution in [2.45, 2.75) is 403 Å². The first kappa shape index (κ1) is 77.9. The molecule has 1 heterocycles. The maximum Gasteiger partial charge on any atom is 0.397 e. The van der Waals surface area contributed by atoms with Crippen LogP contribution in [-0.4, -0.2) is 95.4 Å². The van der Waals surface area contributed by atoms with E-state index in [1.54, 1.807) is 0 Å². The monoisotopic (exact) mass is 1170 g/mol. The van der Waals surface area contributed by atoms with Gasteiger partial charge in [-0.2, -0.15) is 8.42 Å². The molecule has 0 saturated carbocycles. The van der Waals surface area contributed by atoms with E-state index in [4.69, 9.17) is 9.47 Å². The number of hydrogen-bond acceptors (Lipinski definition) is 10. The van der Waals surface area contributed by atoms with Crippen LogP contribution in [0.4, 0.5) is 0 Å². The van der Waals surface area contributed by atoms with E-state index in [9.17, 15) is 38.2 Å². The van der Waals surface area contributed by atoms with E-state index in [0.717, 1.165) is 51.4 Å². The van der Waals surface area contributed by atoms with Crippen molar-refractivity contribution < 1.29 is 51.8 Å². The van der Waals surface area contributed by atoms with Crippen LogP contribution in [0.1, 0.15) is 361 Å². The molecule has 1 rings (SSSR count). The number of carbonyl (C=O) groups excluding carboxylic acids is 1. The fourth-order valence-corrected chi connectivity index (χ4v) is 12.2. The minimum absolute atomic E-state index is 0.222. The van der Waals surface area contributed by atoms with E-state index in [2.05, 4.69) is 35.5 Å². The normalized spacial score (nSPS) is 18.5. The van der Waals surface area contributed by atoms with E-state index in [1.165, 1.54) is 283 Å². The Labute approximate surface area is 500 Å². The lowest BCUT2D eigenvalue weighted by atomic mass is 9.99. The second-order valence-electron chi connectivity index (χ2n) is 24.8. The maximum atomic E-state index is 13.2. The van der Waals surface area contributed by atoms with Gasteiger partial charge in [0.25, 0.3) is 0 Å². The van der Waals surface area contributed by atoms with Gasteiger partial charge in [-0.25, -0.2) is 4.18 Å². The van der Waals surface area contributed by atoms with Crippen LogP contribution in [0.25, 0.3) is 0 Å². The first-order valence-electron chi connectivity index (χ1n) is 35.1. The molecule has 6 N–H and O–H groups in total. The Morgan fingerprint density at radius 1 is 0.481 bits per heavy atom. The van der Waals surface area contributed by atoms with Crippen molar-refractivity contribution in [2.24, 2.45) is 0 Å². The molecule has 12 nitrogen and oxygen atoms in total. The molecule has 1 aliphatic heterocycles. The number of ether oxygens (including phenoxy) is 2. The third-order valence-electron chi connectivity index (χ3n) is 17.1. The van der Waals surface area contributed by atoms with Crippen LogP contribution in [0.5, 0.6) is 0 Å². The molecule has 0 bridgehead atoms. The van der Waals surface area contributed by atoms with Crippen LogP contribution in [-0.2, 0) is 28.9 Å². The number of unbranched alkanes of at least 4 members (excludes halogenated alkanes) is 49. The number of carbonyl (C=O) groups is 1. The van der Waals surface area contributed by atoms with Gasteiger partial charge < -0.3 is 35.2 Å². The van der Waals surface area contributed by atoms with Gasteiger partial charge in [0.15, 0.2) is 6.29 Å². The molecule has 0 spiro atoms. The van der Waals surface area contributed by atoms with Crippen molar-refractivity contribution in [2.75, 3.05) is 13.2 Å². The molecule has 482 valence electrons. The zero-order valence-electron chi connectivity index (χ0n) is 52.9. The van der Waals surface area contributed by atoms with Gasteiger partial charge >= 0.3 is 10.4 Å². The number of aliphatic hydroxyl groups excluding tert-OH is 4. The Bertz CT molecular complexity index is 1470. The number of nitrogens with one attached hydrogen (secondary N) is 1. The highest BCUT2D eigenvalue weighted by Gasteiger charge is 2.48. The van der Waals surface area contributed by atoms with Crippen molar-refractivity contribution in [3.8, 4) is 0 Å². The number of amides is 1. The van der Waals surface area contributed by atoms with Gasteiger partial charge in [-0.3, -0.25) is 9.35 Å². The first-order valence-corrected chi connectivity index (χ1v) is 36.4. The first-order chi connectivity index (χ1) is 39.5. The van der Waals surface area contributed by atoms with Gasteiger partial charge in [-0.15, -0.1) is 0 Å². The summed E-state index contributed by atoms with van der Waals surface area (Å²) in [5, 5.41) is 45.3. The molecule has 7 unspecified atom stereocenters. The summed E-state index contributed by atoms with van der Waals surface area (Å²) >= 11 is 0. The van der Waals surface area contributed by atoms with Crippen LogP contribution in [0.3, 0.4) is 0 Å². The molecule has 0 aromatic carbocycles. The van der Waals surface area contributed by atoms with Crippen molar-refractivity contribution >= 4 is 16.3 Å². The van der Waals surface area contributed by atoms with Crippen LogP contribution in [0.2, 0.25) is 0 Å². The van der Waals surface area contributed by atoms with Crippen LogP contribution < -0.4 is 5.32 Å². The van der Waals surface area contributed by atoms with E-state index in [1.807, 2.05) is 0 Å². The summed E-state index contributed by atoms with van der Waals surface area (Å²) in [6, 6.07) is -0.858. The van der Waals surface area contributed by atoms with E-state index >= 15 is 0 Å². The van der Waals surface area contributed by atoms with Crippen molar-refractivity contribution in [3.63, 3.8) is 0 Å². The Hall–Kier alpha value is -1.16. The molecule has 0 aromatic heterocycles. The maximum absolute atomic E-state index is 13.2. The highest BCUT2D eigenvalue weighted by molar-refractivity contribution is 7.80. The van der Waals surface area contributed by atoms with Gasteiger partial charge in [0.2, 0.25) is 5.91 Å². The number of rotatable bonds is 63. The minimum atomic E-state index is -5.08. The standard InChI is InChI=1S/C68H133NO11S/c1-3-5-7-9-11-13-15-17-19-21-23-25-27-29-30-31-32-34-36-38-40-42-44-46-48-50-52-54-56-58-64(72)69-61(60-78-68-66(74)67(80-81(75,76)77)65(73)63(59-70)79-68)62(71)57-55-53-51-49-47-45-43-41-39-37-35-33-28-26-24-22-20-18-16-14-12-10-8-6-4-2/h29-30,61-63,65-68,70-71,73-74H,3-28,31-60H2,1-2H3,(H,69,72)(H,75,76,77)/b30-29-. The predicted octanol–water partition coefficient (Wildman–Crippen LogP) is 18.1. The van der Waals surface area contributed by atoms with Crippen LogP contribution in [0.15, 0.2) is 12.2 Å². The molecule has 81 heavy (non-hydrogen) atoms. The van der Waals surface area contributed by atoms with E-state index in [0.29, 0.717) is 12.8 Å². The highest BCUT2D eigenvalue weighted by atomic mass is 32.3. The average molecular weight is 1170 g/mol. The smallest absolute Gasteiger partial charge is 0.394 e. The van der Waals surface area contributed by atoms with Gasteiger partial charge in [0.05, 0.1) is 25.4 Å². The Morgan fingerprint density at radius 3 is 1.11 bits per heavy atom. The SMILES string of the molecule is CCCCCCCCCCCCCC/C=C\CCCCCCCCCCCCCCCC(=O)NC(COC1OC(CO)C(O)C(OS(=O)(=O)O)C1O)C(O)CCCCCCCCCCCCCCCCCCCCCCCCCCC. The summed E-state index contributed by atoms with van der Waals surface area (Å²) in [5.41, 5.74) is 0. The lowest BCUT2D eigenvalue weighted by Crippen LogP contribution is -2.61. The van der Waals surface area contributed by atoms with Gasteiger partial charge in [0.1, 0.15) is 24.4 Å². The summed E-state index contributed by atoms with van der Waals surface area (Å²) in [4.78, 5) is 13.2. The predicted molar refractivity (Wildman–Crippen MR) is 338 cm³/mol. The Balaban J connectivity index is 2.24. The second-order valence-corrected chi connectivity index (χ2v) is 25.9. The van der Waals surface area contributed by atoms with Gasteiger partial charge in [-0.1, -0.05) is 328 Å².